The maximum atomic E-state index is 12.8. The van der Waals surface area contributed by atoms with Crippen LogP contribution in [-0.2, 0) is 4.74 Å². The van der Waals surface area contributed by atoms with Crippen molar-refractivity contribution in [1.29, 1.82) is 0 Å². The molecule has 1 aliphatic rings. The van der Waals surface area contributed by atoms with Crippen LogP contribution in [-0.4, -0.2) is 46.5 Å². The Bertz CT molecular complexity index is 1540. The first-order valence-electron chi connectivity index (χ1n) is 12.0. The number of carbonyl (C=O) groups excluding carboxylic acids is 1. The summed E-state index contributed by atoms with van der Waals surface area (Å²) in [4.78, 5) is 26.4. The monoisotopic (exact) mass is 568 g/mol. The number of nitrogens with one attached hydrogen (secondary N) is 3. The third-order valence-corrected chi connectivity index (χ3v) is 6.17. The Hall–Kier alpha value is -3.86. The minimum Gasteiger partial charge on any atom is -0.448 e. The van der Waals surface area contributed by atoms with Gasteiger partial charge in [0, 0.05) is 47.1 Å². The number of pyridine rings is 1. The second-order valence-corrected chi connectivity index (χ2v) is 10.6. The van der Waals surface area contributed by atoms with Crippen molar-refractivity contribution in [3.05, 3.63) is 58.7 Å². The number of carbonyl (C=O) groups is 1. The molecule has 10 nitrogen and oxygen atoms in total. The van der Waals surface area contributed by atoms with Crippen molar-refractivity contribution < 1.29 is 19.0 Å². The largest absolute Gasteiger partial charge is 0.448 e. The van der Waals surface area contributed by atoms with E-state index in [4.69, 9.17) is 37.4 Å². The summed E-state index contributed by atoms with van der Waals surface area (Å²) in [5.41, 5.74) is 1.66. The topological polar surface area (TPSA) is 120 Å². The van der Waals surface area contributed by atoms with Crippen molar-refractivity contribution in [2.75, 3.05) is 24.4 Å². The minimum atomic E-state index is -0.497. The second kappa shape index (κ2) is 10.7. The third kappa shape index (κ3) is 6.08. The van der Waals surface area contributed by atoms with Crippen molar-refractivity contribution in [2.24, 2.45) is 0 Å². The van der Waals surface area contributed by atoms with Crippen molar-refractivity contribution in [2.45, 2.75) is 32.6 Å². The van der Waals surface area contributed by atoms with E-state index >= 15 is 0 Å². The second-order valence-electron chi connectivity index (χ2n) is 9.82. The Morgan fingerprint density at radius 3 is 2.51 bits per heavy atom. The first-order valence-corrected chi connectivity index (χ1v) is 12.8. The lowest BCUT2D eigenvalue weighted by Gasteiger charge is -2.21. The van der Waals surface area contributed by atoms with Gasteiger partial charge in [-0.3, -0.25) is 5.32 Å². The first kappa shape index (κ1) is 26.7. The number of anilines is 3. The number of rotatable bonds is 6. The molecule has 3 heterocycles. The number of fused-ring (bicyclic) bond motifs is 2. The standard InChI is InChI=1S/C27H26Cl2N6O4/c1-27(2,3)35-26(36)34-24-16(22-17(28)6-5-7-18(22)29)10-14-12-30-25(33-23(14)32-24)31-15-8-9-19-20(11-15)39-21(38-19)13-37-4/h5-12,21H,13H2,1-4H3,(H3,30,31,32,33,34,35,36). The van der Waals surface area contributed by atoms with Gasteiger partial charge >= 0.3 is 6.03 Å². The van der Waals surface area contributed by atoms with Gasteiger partial charge in [-0.2, -0.15) is 4.98 Å². The van der Waals surface area contributed by atoms with Crippen molar-refractivity contribution >= 4 is 57.7 Å². The van der Waals surface area contributed by atoms with E-state index in [0.29, 0.717) is 61.9 Å². The molecule has 5 rings (SSSR count). The smallest absolute Gasteiger partial charge is 0.320 e. The van der Waals surface area contributed by atoms with Crippen LogP contribution in [0.5, 0.6) is 11.5 Å². The highest BCUT2D eigenvalue weighted by Gasteiger charge is 2.24. The summed E-state index contributed by atoms with van der Waals surface area (Å²) in [6.07, 6.45) is 1.13. The molecule has 0 saturated heterocycles. The lowest BCUT2D eigenvalue weighted by molar-refractivity contribution is -0.0173. The van der Waals surface area contributed by atoms with Crippen LogP contribution in [0.25, 0.3) is 22.2 Å². The van der Waals surface area contributed by atoms with E-state index in [1.54, 1.807) is 49.7 Å². The summed E-state index contributed by atoms with van der Waals surface area (Å²) in [6.45, 7) is 5.95. The first-order chi connectivity index (χ1) is 18.6. The van der Waals surface area contributed by atoms with E-state index in [1.165, 1.54) is 0 Å². The number of methoxy groups -OCH3 is 1. The quantitative estimate of drug-likeness (QED) is 0.244. The average molecular weight is 569 g/mol. The Labute approximate surface area is 235 Å². The molecule has 0 saturated carbocycles. The minimum absolute atomic E-state index is 0.246. The molecule has 1 aliphatic heterocycles. The van der Waals surface area contributed by atoms with E-state index in [9.17, 15) is 4.79 Å². The van der Waals surface area contributed by atoms with Gasteiger partial charge in [0.1, 0.15) is 12.4 Å². The fourth-order valence-electron chi connectivity index (χ4n) is 3.96. The summed E-state index contributed by atoms with van der Waals surface area (Å²) in [5, 5.41) is 10.3. The van der Waals surface area contributed by atoms with E-state index in [0.717, 1.165) is 0 Å². The van der Waals surface area contributed by atoms with Crippen LogP contribution in [0.1, 0.15) is 20.8 Å². The highest BCUT2D eigenvalue weighted by atomic mass is 35.5. The summed E-state index contributed by atoms with van der Waals surface area (Å²) in [5.74, 6) is 1.75. The number of halogens is 2. The summed E-state index contributed by atoms with van der Waals surface area (Å²) in [6, 6.07) is 12.0. The molecule has 0 spiro atoms. The number of hydrogen-bond donors (Lipinski definition) is 3. The fourth-order valence-corrected chi connectivity index (χ4v) is 4.56. The molecular weight excluding hydrogens is 543 g/mol. The molecule has 2 amide bonds. The van der Waals surface area contributed by atoms with E-state index in [-0.39, 0.29) is 5.82 Å². The molecule has 3 N–H and O–H groups in total. The van der Waals surface area contributed by atoms with Gasteiger partial charge in [-0.15, -0.1) is 0 Å². The Morgan fingerprint density at radius 2 is 1.79 bits per heavy atom. The number of urea groups is 1. The maximum absolute atomic E-state index is 12.8. The zero-order valence-electron chi connectivity index (χ0n) is 21.6. The molecule has 0 bridgehead atoms. The van der Waals surface area contributed by atoms with E-state index in [2.05, 4.69) is 30.9 Å². The average Bonchev–Trinajstić information content (AvgIpc) is 3.25. The molecule has 0 radical (unpaired) electrons. The molecular formula is C27H26Cl2N6O4. The van der Waals surface area contributed by atoms with E-state index < -0.39 is 17.9 Å². The van der Waals surface area contributed by atoms with Crippen molar-refractivity contribution in [3.63, 3.8) is 0 Å². The van der Waals surface area contributed by atoms with Gasteiger partial charge in [-0.1, -0.05) is 29.3 Å². The lowest BCUT2D eigenvalue weighted by Crippen LogP contribution is -2.43. The fraction of sp³-hybridized carbons (Fsp3) is 0.259. The highest BCUT2D eigenvalue weighted by molar-refractivity contribution is 6.39. The summed E-state index contributed by atoms with van der Waals surface area (Å²) in [7, 11) is 1.58. The van der Waals surface area contributed by atoms with Gasteiger partial charge in [0.25, 0.3) is 6.29 Å². The zero-order chi connectivity index (χ0) is 27.7. The van der Waals surface area contributed by atoms with Crippen LogP contribution in [0.2, 0.25) is 10.0 Å². The molecule has 12 heteroatoms. The molecule has 2 aromatic heterocycles. The summed E-state index contributed by atoms with van der Waals surface area (Å²) >= 11 is 13.0. The van der Waals surface area contributed by atoms with Gasteiger partial charge in [-0.25, -0.2) is 14.8 Å². The Kier molecular flexibility index (Phi) is 7.35. The number of amides is 2. The molecule has 2 aromatic carbocycles. The van der Waals surface area contributed by atoms with Crippen LogP contribution in [0.3, 0.4) is 0 Å². The third-order valence-electron chi connectivity index (χ3n) is 5.54. The zero-order valence-corrected chi connectivity index (χ0v) is 23.1. The highest BCUT2D eigenvalue weighted by Crippen LogP contribution is 2.40. The van der Waals surface area contributed by atoms with Gasteiger partial charge in [-0.05, 0) is 51.1 Å². The SMILES string of the molecule is COCC1Oc2ccc(Nc3ncc4cc(-c5c(Cl)cccc5Cl)c(NC(=O)NC(C)(C)C)nc4n3)cc2O1. The number of hydrogen-bond acceptors (Lipinski definition) is 8. The van der Waals surface area contributed by atoms with E-state index in [1.807, 2.05) is 26.8 Å². The maximum Gasteiger partial charge on any atom is 0.320 e. The van der Waals surface area contributed by atoms with Crippen LogP contribution in [0.4, 0.5) is 22.2 Å². The molecule has 202 valence electrons. The number of aromatic nitrogens is 3. The lowest BCUT2D eigenvalue weighted by atomic mass is 10.0. The molecule has 0 aliphatic carbocycles. The normalized spacial score (nSPS) is 14.4. The molecule has 4 aromatic rings. The van der Waals surface area contributed by atoms with Crippen LogP contribution in [0.15, 0.2) is 48.7 Å². The summed E-state index contributed by atoms with van der Waals surface area (Å²) < 4.78 is 16.5. The Balaban J connectivity index is 1.49. The molecule has 1 unspecified atom stereocenters. The van der Waals surface area contributed by atoms with Crippen LogP contribution < -0.4 is 25.4 Å². The van der Waals surface area contributed by atoms with Gasteiger partial charge in [0.05, 0.1) is 10.0 Å². The molecule has 39 heavy (non-hydrogen) atoms. The van der Waals surface area contributed by atoms with Crippen molar-refractivity contribution in [3.8, 4) is 22.6 Å². The predicted octanol–water partition coefficient (Wildman–Crippen LogP) is 6.41. The number of ether oxygens (including phenoxy) is 3. The van der Waals surface area contributed by atoms with Gasteiger partial charge in [0.2, 0.25) is 5.95 Å². The van der Waals surface area contributed by atoms with Gasteiger partial charge in [0.15, 0.2) is 17.1 Å². The number of nitrogens with zero attached hydrogens (tertiary/aromatic N) is 3. The molecule has 1 atom stereocenters. The predicted molar refractivity (Wildman–Crippen MR) is 151 cm³/mol. The number of benzene rings is 2. The van der Waals surface area contributed by atoms with Crippen LogP contribution in [0, 0.1) is 0 Å². The van der Waals surface area contributed by atoms with Crippen LogP contribution >= 0.6 is 23.2 Å². The molecule has 0 fully saturated rings. The Morgan fingerprint density at radius 1 is 1.05 bits per heavy atom. The van der Waals surface area contributed by atoms with Crippen molar-refractivity contribution in [1.82, 2.24) is 20.3 Å². The van der Waals surface area contributed by atoms with Gasteiger partial charge < -0.3 is 24.8 Å².